The Bertz CT molecular complexity index is 1250. The number of carbonyl (C=O) groups is 1. The van der Waals surface area contributed by atoms with Crippen molar-refractivity contribution in [1.82, 2.24) is 8.61 Å². The van der Waals surface area contributed by atoms with Gasteiger partial charge < -0.3 is 14.8 Å². The first-order chi connectivity index (χ1) is 16.2. The molecule has 2 aliphatic rings. The van der Waals surface area contributed by atoms with E-state index in [1.165, 1.54) is 45.0 Å². The molecule has 34 heavy (non-hydrogen) atoms. The van der Waals surface area contributed by atoms with Gasteiger partial charge in [0.15, 0.2) is 0 Å². The van der Waals surface area contributed by atoms with Gasteiger partial charge in [0.05, 0.1) is 36.2 Å². The van der Waals surface area contributed by atoms with E-state index in [0.29, 0.717) is 50.8 Å². The fraction of sp³-hybridized carbons (Fsp3) is 0.409. The summed E-state index contributed by atoms with van der Waals surface area (Å²) in [6, 6.07) is 10.3. The quantitative estimate of drug-likeness (QED) is 0.623. The lowest BCUT2D eigenvalue weighted by molar-refractivity contribution is 0.0730. The normalized spacial score (nSPS) is 18.5. The third-order valence-corrected chi connectivity index (χ3v) is 9.59. The first kappa shape index (κ1) is 24.8. The van der Waals surface area contributed by atoms with Crippen LogP contribution in [0.15, 0.2) is 52.3 Å². The molecule has 1 amide bonds. The molecule has 10 nitrogen and oxygen atoms in total. The van der Waals surface area contributed by atoms with Gasteiger partial charge in [0.1, 0.15) is 0 Å². The van der Waals surface area contributed by atoms with Gasteiger partial charge in [-0.25, -0.2) is 16.8 Å². The summed E-state index contributed by atoms with van der Waals surface area (Å²) in [7, 11) is -7.39. The Hall–Kier alpha value is -2.35. The minimum absolute atomic E-state index is 0.0390. The number of sulfonamides is 2. The molecular formula is C22H27N3O7S2. The Morgan fingerprint density at radius 2 is 1.24 bits per heavy atom. The number of benzene rings is 2. The second-order valence-corrected chi connectivity index (χ2v) is 11.9. The van der Waals surface area contributed by atoms with Gasteiger partial charge in [-0.15, -0.1) is 0 Å². The molecule has 2 aromatic rings. The molecule has 2 aliphatic heterocycles. The average Bonchev–Trinajstić information content (AvgIpc) is 2.85. The summed E-state index contributed by atoms with van der Waals surface area (Å²) in [5.74, 6) is -0.486. The highest BCUT2D eigenvalue weighted by Crippen LogP contribution is 2.23. The van der Waals surface area contributed by atoms with Crippen LogP contribution in [0, 0.1) is 6.92 Å². The number of hydrogen-bond acceptors (Lipinski definition) is 7. The largest absolute Gasteiger partial charge is 0.379 e. The molecule has 1 N–H and O–H groups in total. The molecule has 0 radical (unpaired) electrons. The molecule has 0 bridgehead atoms. The van der Waals surface area contributed by atoms with Crippen molar-refractivity contribution in [2.45, 2.75) is 16.7 Å². The highest BCUT2D eigenvalue weighted by molar-refractivity contribution is 7.89. The van der Waals surface area contributed by atoms with Crippen molar-refractivity contribution in [2.24, 2.45) is 0 Å². The molecule has 2 aromatic carbocycles. The van der Waals surface area contributed by atoms with Crippen LogP contribution in [-0.2, 0) is 29.5 Å². The predicted molar refractivity (Wildman–Crippen MR) is 125 cm³/mol. The van der Waals surface area contributed by atoms with E-state index in [2.05, 4.69) is 5.32 Å². The van der Waals surface area contributed by atoms with Gasteiger partial charge in [-0.2, -0.15) is 8.61 Å². The maximum absolute atomic E-state index is 13.0. The molecule has 184 valence electrons. The zero-order valence-electron chi connectivity index (χ0n) is 18.8. The van der Waals surface area contributed by atoms with Crippen LogP contribution in [0.5, 0.6) is 0 Å². The van der Waals surface area contributed by atoms with Crippen molar-refractivity contribution in [3.8, 4) is 0 Å². The Kier molecular flexibility index (Phi) is 7.36. The summed E-state index contributed by atoms with van der Waals surface area (Å²) in [6.07, 6.45) is 0. The Morgan fingerprint density at radius 3 is 1.76 bits per heavy atom. The topological polar surface area (TPSA) is 122 Å². The first-order valence-electron chi connectivity index (χ1n) is 10.9. The minimum atomic E-state index is -3.75. The molecule has 4 rings (SSSR count). The summed E-state index contributed by atoms with van der Waals surface area (Å²) < 4.78 is 64.6. The van der Waals surface area contributed by atoms with Crippen LogP contribution in [-0.4, -0.2) is 84.0 Å². The van der Waals surface area contributed by atoms with E-state index in [1.54, 1.807) is 13.0 Å². The fourth-order valence-electron chi connectivity index (χ4n) is 3.79. The number of ether oxygens (including phenoxy) is 2. The lowest BCUT2D eigenvalue weighted by Gasteiger charge is -2.26. The fourth-order valence-corrected chi connectivity index (χ4v) is 6.63. The van der Waals surface area contributed by atoms with Crippen LogP contribution < -0.4 is 5.32 Å². The minimum Gasteiger partial charge on any atom is -0.379 e. The Morgan fingerprint density at radius 1 is 0.765 bits per heavy atom. The molecule has 0 aromatic heterocycles. The maximum Gasteiger partial charge on any atom is 0.255 e. The number of morpholine rings is 2. The summed E-state index contributed by atoms with van der Waals surface area (Å²) in [4.78, 5) is 13.1. The lowest BCUT2D eigenvalue weighted by atomic mass is 10.1. The van der Waals surface area contributed by atoms with E-state index in [4.69, 9.17) is 9.47 Å². The number of amides is 1. The maximum atomic E-state index is 13.0. The Balaban J connectivity index is 1.51. The molecule has 0 unspecified atom stereocenters. The number of anilines is 1. The third kappa shape index (κ3) is 5.16. The van der Waals surface area contributed by atoms with E-state index >= 15 is 0 Å². The monoisotopic (exact) mass is 509 g/mol. The van der Waals surface area contributed by atoms with Gasteiger partial charge in [-0.3, -0.25) is 4.79 Å². The summed E-state index contributed by atoms with van der Waals surface area (Å²) in [6.45, 7) is 4.20. The first-order valence-corrected chi connectivity index (χ1v) is 13.8. The molecular weight excluding hydrogens is 482 g/mol. The van der Waals surface area contributed by atoms with E-state index in [1.807, 2.05) is 0 Å². The Labute approximate surface area is 199 Å². The third-order valence-electron chi connectivity index (χ3n) is 5.78. The van der Waals surface area contributed by atoms with E-state index in [9.17, 15) is 21.6 Å². The van der Waals surface area contributed by atoms with Gasteiger partial charge >= 0.3 is 0 Å². The molecule has 2 saturated heterocycles. The highest BCUT2D eigenvalue weighted by Gasteiger charge is 2.28. The summed E-state index contributed by atoms with van der Waals surface area (Å²) in [5, 5.41) is 2.72. The van der Waals surface area contributed by atoms with Gasteiger partial charge in [0, 0.05) is 37.4 Å². The number of hydrogen-bond donors (Lipinski definition) is 1. The standard InChI is InChI=1S/C22H27N3O7S2/c1-17-2-5-20(34(29,30)25-10-14-32-15-11-25)16-21(17)22(26)23-18-3-6-19(7-4-18)33(27,28)24-8-12-31-13-9-24/h2-7,16H,8-15H2,1H3,(H,23,26). The zero-order chi connectivity index (χ0) is 24.3. The number of rotatable bonds is 6. The van der Waals surface area contributed by atoms with Crippen LogP contribution >= 0.6 is 0 Å². The van der Waals surface area contributed by atoms with Crippen LogP contribution in [0.4, 0.5) is 5.69 Å². The van der Waals surface area contributed by atoms with Crippen molar-refractivity contribution < 1.29 is 31.1 Å². The van der Waals surface area contributed by atoms with E-state index < -0.39 is 26.0 Å². The smallest absolute Gasteiger partial charge is 0.255 e. The molecule has 12 heteroatoms. The second kappa shape index (κ2) is 10.1. The van der Waals surface area contributed by atoms with Crippen molar-refractivity contribution in [2.75, 3.05) is 57.9 Å². The van der Waals surface area contributed by atoms with Crippen LogP contribution in [0.3, 0.4) is 0 Å². The van der Waals surface area contributed by atoms with Crippen LogP contribution in [0.1, 0.15) is 15.9 Å². The van der Waals surface area contributed by atoms with E-state index in [-0.39, 0.29) is 28.4 Å². The number of nitrogens with zero attached hydrogens (tertiary/aromatic N) is 2. The average molecular weight is 510 g/mol. The van der Waals surface area contributed by atoms with Crippen LogP contribution in [0.2, 0.25) is 0 Å². The second-order valence-electron chi connectivity index (χ2n) is 7.99. The van der Waals surface area contributed by atoms with Crippen molar-refractivity contribution >= 4 is 31.6 Å². The molecule has 0 saturated carbocycles. The molecule has 2 heterocycles. The summed E-state index contributed by atoms with van der Waals surface area (Å²) in [5.41, 5.74) is 1.23. The molecule has 0 aliphatic carbocycles. The van der Waals surface area contributed by atoms with Gasteiger partial charge in [0.2, 0.25) is 20.0 Å². The lowest BCUT2D eigenvalue weighted by Crippen LogP contribution is -2.40. The van der Waals surface area contributed by atoms with E-state index in [0.717, 1.165) is 0 Å². The molecule has 0 spiro atoms. The molecule has 0 atom stereocenters. The number of aryl methyl sites for hydroxylation is 1. The predicted octanol–water partition coefficient (Wildman–Crippen LogP) is 1.29. The van der Waals surface area contributed by atoms with Crippen LogP contribution in [0.25, 0.3) is 0 Å². The van der Waals surface area contributed by atoms with Gasteiger partial charge in [-0.05, 0) is 48.9 Å². The highest BCUT2D eigenvalue weighted by atomic mass is 32.2. The zero-order valence-corrected chi connectivity index (χ0v) is 20.4. The van der Waals surface area contributed by atoms with Crippen molar-refractivity contribution in [3.05, 3.63) is 53.6 Å². The molecule has 2 fully saturated rings. The van der Waals surface area contributed by atoms with Crippen molar-refractivity contribution in [3.63, 3.8) is 0 Å². The van der Waals surface area contributed by atoms with Gasteiger partial charge in [-0.1, -0.05) is 6.07 Å². The number of carbonyl (C=O) groups excluding carboxylic acids is 1. The summed E-state index contributed by atoms with van der Waals surface area (Å²) >= 11 is 0. The van der Waals surface area contributed by atoms with Gasteiger partial charge in [0.25, 0.3) is 5.91 Å². The SMILES string of the molecule is Cc1ccc(S(=O)(=O)N2CCOCC2)cc1C(=O)Nc1ccc(S(=O)(=O)N2CCOCC2)cc1. The number of nitrogens with one attached hydrogen (secondary N) is 1. The van der Waals surface area contributed by atoms with Crippen molar-refractivity contribution in [1.29, 1.82) is 0 Å².